The number of carbonyl (C=O) groups excluding carboxylic acids is 2. The molecule has 1 spiro atoms. The van der Waals surface area contributed by atoms with Crippen molar-refractivity contribution >= 4 is 46.4 Å². The standard InChI is InChI=1S/C28H24Cl2N6O4/c1-13(2)35-22-21(33-23(35)17-12-31-27(40-5)34-24(17)39-4)25(37)36(20-11-16(30)7-6-14(20)3)28(22)18-9-8-15(29)10-19(18)32-26(28)38/h6-13H,1-5H3,(H,32,38)/t28-/m0/s1. The Morgan fingerprint density at radius 1 is 1.00 bits per heavy atom. The summed E-state index contributed by atoms with van der Waals surface area (Å²) >= 11 is 12.7. The molecule has 0 bridgehead atoms. The number of aromatic nitrogens is 4. The summed E-state index contributed by atoms with van der Waals surface area (Å²) in [6.07, 6.45) is 1.53. The maximum absolute atomic E-state index is 14.4. The van der Waals surface area contributed by atoms with E-state index in [1.165, 1.54) is 25.3 Å². The van der Waals surface area contributed by atoms with Gasteiger partial charge in [-0.05, 0) is 50.6 Å². The number of aryl methyl sites for hydroxylation is 1. The lowest BCUT2D eigenvalue weighted by atomic mass is 9.86. The lowest BCUT2D eigenvalue weighted by molar-refractivity contribution is -0.119. The van der Waals surface area contributed by atoms with Crippen LogP contribution in [0.15, 0.2) is 42.6 Å². The second-order valence-corrected chi connectivity index (χ2v) is 10.7. The maximum atomic E-state index is 14.4. The van der Waals surface area contributed by atoms with Gasteiger partial charge in [-0.3, -0.25) is 14.5 Å². The molecule has 6 rings (SSSR count). The van der Waals surface area contributed by atoms with Crippen LogP contribution in [-0.2, 0) is 10.3 Å². The van der Waals surface area contributed by atoms with Crippen molar-refractivity contribution < 1.29 is 19.1 Å². The number of rotatable bonds is 5. The molecule has 0 radical (unpaired) electrons. The van der Waals surface area contributed by atoms with Crippen molar-refractivity contribution in [3.05, 3.63) is 75.2 Å². The van der Waals surface area contributed by atoms with Crippen LogP contribution in [0.5, 0.6) is 11.9 Å². The van der Waals surface area contributed by atoms with Gasteiger partial charge in [0.1, 0.15) is 5.82 Å². The Kier molecular flexibility index (Phi) is 6.01. The van der Waals surface area contributed by atoms with Crippen LogP contribution in [0.2, 0.25) is 10.0 Å². The molecule has 12 heteroatoms. The van der Waals surface area contributed by atoms with Gasteiger partial charge in [0.25, 0.3) is 11.8 Å². The molecule has 0 aliphatic carbocycles. The Morgan fingerprint density at radius 2 is 1.73 bits per heavy atom. The molecular weight excluding hydrogens is 555 g/mol. The predicted octanol–water partition coefficient (Wildman–Crippen LogP) is 5.41. The number of methoxy groups -OCH3 is 2. The van der Waals surface area contributed by atoms with Crippen molar-refractivity contribution in [3.63, 3.8) is 0 Å². The SMILES string of the molecule is COc1ncc(-c2nc3c(n2C(C)C)[C@@]2(C(=O)Nc4cc(Cl)ccc42)N(c2cc(Cl)ccc2C)C3=O)c(OC)n1. The number of anilines is 2. The zero-order valence-corrected chi connectivity index (χ0v) is 23.8. The van der Waals surface area contributed by atoms with Gasteiger partial charge >= 0.3 is 6.01 Å². The summed E-state index contributed by atoms with van der Waals surface area (Å²) in [6.45, 7) is 5.76. The fourth-order valence-corrected chi connectivity index (χ4v) is 5.92. The van der Waals surface area contributed by atoms with Crippen molar-refractivity contribution in [1.82, 2.24) is 19.5 Å². The highest BCUT2D eigenvalue weighted by Crippen LogP contribution is 2.55. The van der Waals surface area contributed by atoms with E-state index in [0.29, 0.717) is 44.1 Å². The van der Waals surface area contributed by atoms with Gasteiger partial charge in [0, 0.05) is 33.5 Å². The minimum Gasteiger partial charge on any atom is -0.480 e. The van der Waals surface area contributed by atoms with E-state index in [4.69, 9.17) is 37.7 Å². The zero-order valence-electron chi connectivity index (χ0n) is 22.2. The highest BCUT2D eigenvalue weighted by molar-refractivity contribution is 6.32. The minimum absolute atomic E-state index is 0.118. The van der Waals surface area contributed by atoms with E-state index in [1.807, 2.05) is 31.4 Å². The Labute approximate surface area is 239 Å². The summed E-state index contributed by atoms with van der Waals surface area (Å²) in [5, 5.41) is 3.84. The summed E-state index contributed by atoms with van der Waals surface area (Å²) < 4.78 is 12.6. The molecule has 1 atom stereocenters. The lowest BCUT2D eigenvalue weighted by Crippen LogP contribution is -2.51. The smallest absolute Gasteiger partial charge is 0.319 e. The quantitative estimate of drug-likeness (QED) is 0.337. The zero-order chi connectivity index (χ0) is 28.5. The summed E-state index contributed by atoms with van der Waals surface area (Å²) in [6, 6.07) is 10.2. The third kappa shape index (κ3) is 3.45. The summed E-state index contributed by atoms with van der Waals surface area (Å²) in [7, 11) is 2.93. The van der Waals surface area contributed by atoms with Gasteiger partial charge in [-0.25, -0.2) is 9.97 Å². The summed E-state index contributed by atoms with van der Waals surface area (Å²) in [5.41, 5.74) is 1.71. The monoisotopic (exact) mass is 578 g/mol. The maximum Gasteiger partial charge on any atom is 0.319 e. The van der Waals surface area contributed by atoms with Gasteiger partial charge in [-0.2, -0.15) is 4.98 Å². The molecule has 2 aromatic carbocycles. The van der Waals surface area contributed by atoms with Crippen molar-refractivity contribution in [3.8, 4) is 23.3 Å². The van der Waals surface area contributed by atoms with E-state index in [9.17, 15) is 9.59 Å². The topological polar surface area (TPSA) is 111 Å². The summed E-state index contributed by atoms with van der Waals surface area (Å²) in [4.78, 5) is 43.6. The Hall–Kier alpha value is -4.15. The molecule has 40 heavy (non-hydrogen) atoms. The molecule has 10 nitrogen and oxygen atoms in total. The van der Waals surface area contributed by atoms with E-state index in [1.54, 1.807) is 30.3 Å². The minimum atomic E-state index is -1.60. The van der Waals surface area contributed by atoms with Gasteiger partial charge < -0.3 is 19.4 Å². The number of hydrogen-bond donors (Lipinski definition) is 1. The number of hydrogen-bond acceptors (Lipinski definition) is 7. The van der Waals surface area contributed by atoms with Crippen LogP contribution >= 0.6 is 23.2 Å². The largest absolute Gasteiger partial charge is 0.480 e. The molecule has 1 N–H and O–H groups in total. The lowest BCUT2D eigenvalue weighted by Gasteiger charge is -2.36. The average molecular weight is 579 g/mol. The third-order valence-electron chi connectivity index (χ3n) is 7.22. The molecule has 0 unspecified atom stereocenters. The molecule has 2 aliphatic heterocycles. The molecular formula is C28H24Cl2N6O4. The number of nitrogens with zero attached hydrogens (tertiary/aromatic N) is 5. The van der Waals surface area contributed by atoms with Crippen molar-refractivity contribution in [2.24, 2.45) is 0 Å². The van der Waals surface area contributed by atoms with E-state index >= 15 is 0 Å². The van der Waals surface area contributed by atoms with Crippen LogP contribution < -0.4 is 19.7 Å². The number of ether oxygens (including phenoxy) is 2. The normalized spacial score (nSPS) is 17.4. The second kappa shape index (κ2) is 9.21. The van der Waals surface area contributed by atoms with Crippen molar-refractivity contribution in [2.75, 3.05) is 24.4 Å². The molecule has 2 amide bonds. The third-order valence-corrected chi connectivity index (χ3v) is 7.69. The molecule has 0 saturated carbocycles. The fraction of sp³-hybridized carbons (Fsp3) is 0.250. The number of imidazole rings is 1. The molecule has 4 aromatic rings. The number of halogens is 2. The van der Waals surface area contributed by atoms with Crippen molar-refractivity contribution in [1.29, 1.82) is 0 Å². The van der Waals surface area contributed by atoms with Crippen LogP contribution in [0.4, 0.5) is 11.4 Å². The molecule has 204 valence electrons. The van der Waals surface area contributed by atoms with Crippen molar-refractivity contribution in [2.45, 2.75) is 32.4 Å². The first-order valence-electron chi connectivity index (χ1n) is 12.4. The van der Waals surface area contributed by atoms with Crippen LogP contribution in [0.25, 0.3) is 11.4 Å². The molecule has 2 aliphatic rings. The molecule has 2 aromatic heterocycles. The van der Waals surface area contributed by atoms with Gasteiger partial charge in [0.2, 0.25) is 5.88 Å². The number of amides is 2. The average Bonchev–Trinajstić information content (AvgIpc) is 3.53. The molecule has 0 fully saturated rings. The van der Waals surface area contributed by atoms with Gasteiger partial charge in [0.05, 0.1) is 31.2 Å². The first-order valence-corrected chi connectivity index (χ1v) is 13.2. The predicted molar refractivity (Wildman–Crippen MR) is 151 cm³/mol. The van der Waals surface area contributed by atoms with Crippen LogP contribution in [0.1, 0.15) is 47.2 Å². The van der Waals surface area contributed by atoms with Gasteiger partial charge in [-0.15, -0.1) is 0 Å². The van der Waals surface area contributed by atoms with E-state index in [0.717, 1.165) is 5.56 Å². The summed E-state index contributed by atoms with van der Waals surface area (Å²) in [5.74, 6) is -0.274. The number of fused-ring (bicyclic) bond motifs is 4. The van der Waals surface area contributed by atoms with Gasteiger partial charge in [-0.1, -0.05) is 35.3 Å². The van der Waals surface area contributed by atoms with Crippen LogP contribution in [0.3, 0.4) is 0 Å². The van der Waals surface area contributed by atoms with E-state index < -0.39 is 17.4 Å². The van der Waals surface area contributed by atoms with Gasteiger partial charge in [0.15, 0.2) is 11.2 Å². The molecule has 0 saturated heterocycles. The van der Waals surface area contributed by atoms with Crippen LogP contribution in [0, 0.1) is 6.92 Å². The number of nitrogens with one attached hydrogen (secondary N) is 1. The first kappa shape index (κ1) is 26.1. The first-order chi connectivity index (χ1) is 19.1. The Morgan fingerprint density at radius 3 is 2.42 bits per heavy atom. The van der Waals surface area contributed by atoms with Crippen LogP contribution in [-0.4, -0.2) is 45.6 Å². The Balaban J connectivity index is 1.73. The van der Waals surface area contributed by atoms with E-state index in [-0.39, 0.29) is 23.6 Å². The highest BCUT2D eigenvalue weighted by Gasteiger charge is 2.64. The number of carbonyl (C=O) groups is 2. The Bertz CT molecular complexity index is 1740. The molecule has 4 heterocycles. The highest BCUT2D eigenvalue weighted by atomic mass is 35.5. The number of benzene rings is 2. The second-order valence-electron chi connectivity index (χ2n) is 9.80. The fourth-order valence-electron chi connectivity index (χ4n) is 5.58. The van der Waals surface area contributed by atoms with E-state index in [2.05, 4.69) is 15.3 Å².